The smallest absolute Gasteiger partial charge is 0.00868 e. The van der Waals surface area contributed by atoms with Crippen molar-refractivity contribution in [2.24, 2.45) is 11.8 Å². The molecular weight excluding hydrogens is 196 g/mol. The van der Waals surface area contributed by atoms with Crippen LogP contribution in [0, 0.1) is 11.8 Å². The van der Waals surface area contributed by atoms with Crippen LogP contribution in [0.15, 0.2) is 0 Å². The number of rotatable bonds is 9. The lowest BCUT2D eigenvalue weighted by Gasteiger charge is -2.27. The first-order valence-corrected chi connectivity index (χ1v) is 6.86. The number of hydrogen-bond donors (Lipinski definition) is 1. The summed E-state index contributed by atoms with van der Waals surface area (Å²) in [7, 11) is 2.24. The molecule has 0 aromatic heterocycles. The lowest BCUT2D eigenvalue weighted by Crippen LogP contribution is -2.34. The van der Waals surface area contributed by atoms with Gasteiger partial charge in [0, 0.05) is 6.04 Å². The van der Waals surface area contributed by atoms with Crippen molar-refractivity contribution in [3.63, 3.8) is 0 Å². The molecule has 0 saturated carbocycles. The van der Waals surface area contributed by atoms with Crippen molar-refractivity contribution in [1.82, 2.24) is 10.2 Å². The van der Waals surface area contributed by atoms with Crippen molar-refractivity contribution in [2.75, 3.05) is 26.7 Å². The molecule has 98 valence electrons. The third-order valence-electron chi connectivity index (χ3n) is 3.33. The van der Waals surface area contributed by atoms with Crippen LogP contribution < -0.4 is 5.32 Å². The van der Waals surface area contributed by atoms with Gasteiger partial charge >= 0.3 is 0 Å². The summed E-state index contributed by atoms with van der Waals surface area (Å²) < 4.78 is 0. The van der Waals surface area contributed by atoms with Crippen LogP contribution in [0.2, 0.25) is 0 Å². The fourth-order valence-electron chi connectivity index (χ4n) is 1.71. The minimum absolute atomic E-state index is 0.698. The second kappa shape index (κ2) is 9.00. The average Bonchev–Trinajstić information content (AvgIpc) is 2.21. The van der Waals surface area contributed by atoms with Crippen LogP contribution in [0.3, 0.4) is 0 Å². The summed E-state index contributed by atoms with van der Waals surface area (Å²) in [6.07, 6.45) is 2.60. The third kappa shape index (κ3) is 8.12. The van der Waals surface area contributed by atoms with Gasteiger partial charge < -0.3 is 10.2 Å². The molecule has 1 N–H and O–H groups in total. The first-order valence-electron chi connectivity index (χ1n) is 6.86. The summed E-state index contributed by atoms with van der Waals surface area (Å²) in [6.45, 7) is 15.0. The molecule has 0 rings (SSSR count). The van der Waals surface area contributed by atoms with Crippen LogP contribution in [-0.4, -0.2) is 37.6 Å². The maximum Gasteiger partial charge on any atom is 0.00868 e. The van der Waals surface area contributed by atoms with Crippen molar-refractivity contribution < 1.29 is 0 Å². The molecule has 0 aliphatic rings. The van der Waals surface area contributed by atoms with Gasteiger partial charge in [-0.1, -0.05) is 27.7 Å². The van der Waals surface area contributed by atoms with E-state index in [-0.39, 0.29) is 0 Å². The van der Waals surface area contributed by atoms with E-state index in [1.165, 1.54) is 25.9 Å². The van der Waals surface area contributed by atoms with Crippen LogP contribution in [0.4, 0.5) is 0 Å². The highest BCUT2D eigenvalue weighted by molar-refractivity contribution is 4.66. The Morgan fingerprint density at radius 3 is 2.12 bits per heavy atom. The van der Waals surface area contributed by atoms with Crippen molar-refractivity contribution in [3.05, 3.63) is 0 Å². The molecule has 2 heteroatoms. The maximum atomic E-state index is 3.49. The monoisotopic (exact) mass is 228 g/mol. The molecule has 0 spiro atoms. The average molecular weight is 228 g/mol. The van der Waals surface area contributed by atoms with E-state index in [4.69, 9.17) is 0 Å². The van der Waals surface area contributed by atoms with Gasteiger partial charge in [-0.15, -0.1) is 0 Å². The van der Waals surface area contributed by atoms with Crippen molar-refractivity contribution >= 4 is 0 Å². The van der Waals surface area contributed by atoms with Crippen molar-refractivity contribution in [1.29, 1.82) is 0 Å². The summed E-state index contributed by atoms with van der Waals surface area (Å²) in [5.74, 6) is 1.52. The highest BCUT2D eigenvalue weighted by atomic mass is 15.1. The first kappa shape index (κ1) is 15.9. The normalized spacial score (nSPS) is 14.1. The highest BCUT2D eigenvalue weighted by Gasteiger charge is 2.11. The van der Waals surface area contributed by atoms with E-state index in [0.29, 0.717) is 6.04 Å². The van der Waals surface area contributed by atoms with E-state index in [9.17, 15) is 0 Å². The number of hydrogen-bond acceptors (Lipinski definition) is 2. The van der Waals surface area contributed by atoms with Gasteiger partial charge in [0.2, 0.25) is 0 Å². The first-order chi connectivity index (χ1) is 7.45. The minimum Gasteiger partial charge on any atom is -0.316 e. The second-order valence-electron chi connectivity index (χ2n) is 5.77. The zero-order valence-electron chi connectivity index (χ0n) is 12.2. The molecule has 0 aromatic rings. The Labute approximate surface area is 103 Å². The van der Waals surface area contributed by atoms with Gasteiger partial charge in [-0.3, -0.25) is 0 Å². The predicted octanol–water partition coefficient (Wildman–Crippen LogP) is 2.99. The molecule has 0 amide bonds. The Morgan fingerprint density at radius 2 is 1.62 bits per heavy atom. The molecule has 0 fully saturated rings. The van der Waals surface area contributed by atoms with Crippen LogP contribution >= 0.6 is 0 Å². The number of unbranched alkanes of at least 4 members (excludes halogenated alkanes) is 1. The van der Waals surface area contributed by atoms with E-state index >= 15 is 0 Å². The van der Waals surface area contributed by atoms with E-state index < -0.39 is 0 Å². The third-order valence-corrected chi connectivity index (χ3v) is 3.33. The van der Waals surface area contributed by atoms with Gasteiger partial charge in [0.25, 0.3) is 0 Å². The second-order valence-corrected chi connectivity index (χ2v) is 5.77. The standard InChI is InChI=1S/C14H32N2/c1-12(2)11-15-9-7-8-10-16(6)14(5)13(3)4/h12-15H,7-11H2,1-6H3. The van der Waals surface area contributed by atoms with Gasteiger partial charge in [-0.25, -0.2) is 0 Å². The molecule has 0 aliphatic carbocycles. The maximum absolute atomic E-state index is 3.49. The molecule has 0 heterocycles. The molecule has 0 aromatic carbocycles. The summed E-state index contributed by atoms with van der Waals surface area (Å²) in [5.41, 5.74) is 0. The Kier molecular flexibility index (Phi) is 8.96. The van der Waals surface area contributed by atoms with Gasteiger partial charge in [-0.2, -0.15) is 0 Å². The number of nitrogens with zero attached hydrogens (tertiary/aromatic N) is 1. The molecule has 0 saturated heterocycles. The summed E-state index contributed by atoms with van der Waals surface area (Å²) in [4.78, 5) is 2.48. The Bertz CT molecular complexity index is 155. The predicted molar refractivity (Wildman–Crippen MR) is 73.9 cm³/mol. The zero-order valence-corrected chi connectivity index (χ0v) is 12.2. The minimum atomic E-state index is 0.698. The molecule has 0 radical (unpaired) electrons. The largest absolute Gasteiger partial charge is 0.316 e. The van der Waals surface area contributed by atoms with Crippen LogP contribution in [0.1, 0.15) is 47.5 Å². The quantitative estimate of drug-likeness (QED) is 0.610. The molecule has 16 heavy (non-hydrogen) atoms. The molecule has 1 atom stereocenters. The summed E-state index contributed by atoms with van der Waals surface area (Å²) in [5, 5.41) is 3.49. The van der Waals surface area contributed by atoms with E-state index in [2.05, 4.69) is 51.9 Å². The molecule has 0 aliphatic heterocycles. The van der Waals surface area contributed by atoms with Gasteiger partial charge in [0.05, 0.1) is 0 Å². The molecule has 2 nitrogen and oxygen atoms in total. The Morgan fingerprint density at radius 1 is 1.00 bits per heavy atom. The Hall–Kier alpha value is -0.0800. The van der Waals surface area contributed by atoms with Gasteiger partial charge in [0.15, 0.2) is 0 Å². The SMILES string of the molecule is CC(C)CNCCCCN(C)C(C)C(C)C. The lowest BCUT2D eigenvalue weighted by atomic mass is 10.1. The fourth-order valence-corrected chi connectivity index (χ4v) is 1.71. The topological polar surface area (TPSA) is 15.3 Å². The van der Waals surface area contributed by atoms with Crippen molar-refractivity contribution in [3.8, 4) is 0 Å². The van der Waals surface area contributed by atoms with Crippen LogP contribution in [-0.2, 0) is 0 Å². The van der Waals surface area contributed by atoms with Crippen molar-refractivity contribution in [2.45, 2.75) is 53.5 Å². The van der Waals surface area contributed by atoms with Gasteiger partial charge in [-0.05, 0) is 58.3 Å². The fraction of sp³-hybridized carbons (Fsp3) is 1.00. The van der Waals surface area contributed by atoms with E-state index in [0.717, 1.165) is 18.4 Å². The molecule has 1 unspecified atom stereocenters. The highest BCUT2D eigenvalue weighted by Crippen LogP contribution is 2.08. The zero-order chi connectivity index (χ0) is 12.6. The van der Waals surface area contributed by atoms with Crippen LogP contribution in [0.25, 0.3) is 0 Å². The lowest BCUT2D eigenvalue weighted by molar-refractivity contribution is 0.204. The Balaban J connectivity index is 3.37. The van der Waals surface area contributed by atoms with Gasteiger partial charge in [0.1, 0.15) is 0 Å². The summed E-state index contributed by atoms with van der Waals surface area (Å²) in [6, 6.07) is 0.698. The summed E-state index contributed by atoms with van der Waals surface area (Å²) >= 11 is 0. The van der Waals surface area contributed by atoms with E-state index in [1.54, 1.807) is 0 Å². The molecular formula is C14H32N2. The molecule has 0 bridgehead atoms. The van der Waals surface area contributed by atoms with Crippen LogP contribution in [0.5, 0.6) is 0 Å². The number of nitrogens with one attached hydrogen (secondary N) is 1. The van der Waals surface area contributed by atoms with E-state index in [1.807, 2.05) is 0 Å².